The highest BCUT2D eigenvalue weighted by molar-refractivity contribution is 5.83. The number of aliphatic hydroxyl groups is 2. The summed E-state index contributed by atoms with van der Waals surface area (Å²) in [6, 6.07) is 6.51. The Labute approximate surface area is 107 Å². The zero-order valence-corrected chi connectivity index (χ0v) is 10.7. The molecule has 1 unspecified atom stereocenters. The third kappa shape index (κ3) is 3.53. The van der Waals surface area contributed by atoms with Crippen LogP contribution >= 0.6 is 0 Å². The average Bonchev–Trinajstić information content (AvgIpc) is 2.38. The van der Waals surface area contributed by atoms with E-state index in [-0.39, 0.29) is 13.2 Å². The molecule has 5 N–H and O–H groups in total. The Kier molecular flexibility index (Phi) is 4.84. The van der Waals surface area contributed by atoms with Crippen LogP contribution in [0.2, 0.25) is 0 Å². The molecular formula is C13H20N2O3. The van der Waals surface area contributed by atoms with E-state index in [1.807, 2.05) is 19.1 Å². The topological polar surface area (TPSA) is 95.6 Å². The van der Waals surface area contributed by atoms with Crippen molar-refractivity contribution in [3.63, 3.8) is 0 Å². The first-order valence-corrected chi connectivity index (χ1v) is 5.78. The number of carbonyl (C=O) groups excluding carboxylic acids is 1. The summed E-state index contributed by atoms with van der Waals surface area (Å²) >= 11 is 0. The van der Waals surface area contributed by atoms with Crippen LogP contribution in [0.3, 0.4) is 0 Å². The molecule has 1 rings (SSSR count). The van der Waals surface area contributed by atoms with Gasteiger partial charge in [-0.25, -0.2) is 0 Å². The molecule has 1 atom stereocenters. The van der Waals surface area contributed by atoms with Crippen molar-refractivity contribution in [2.75, 3.05) is 13.2 Å². The first-order chi connectivity index (χ1) is 8.41. The number of carbonyl (C=O) groups is 1. The maximum Gasteiger partial charge on any atom is 0.242 e. The molecule has 18 heavy (non-hydrogen) atoms. The van der Waals surface area contributed by atoms with Crippen molar-refractivity contribution in [2.45, 2.75) is 25.4 Å². The van der Waals surface area contributed by atoms with Crippen LogP contribution in [-0.2, 0) is 4.79 Å². The molecule has 0 heterocycles. The predicted molar refractivity (Wildman–Crippen MR) is 68.8 cm³/mol. The van der Waals surface area contributed by atoms with Crippen LogP contribution in [0.1, 0.15) is 24.1 Å². The summed E-state index contributed by atoms with van der Waals surface area (Å²) in [5.41, 5.74) is 6.55. The van der Waals surface area contributed by atoms with Crippen molar-refractivity contribution in [2.24, 2.45) is 5.73 Å². The van der Waals surface area contributed by atoms with Gasteiger partial charge in [0.05, 0.1) is 18.8 Å². The SMILES string of the molecule is Cc1ccc(C(N)C(=O)NC(C)(CO)CO)cc1. The van der Waals surface area contributed by atoms with Crippen LogP contribution < -0.4 is 11.1 Å². The second-order valence-electron chi connectivity index (χ2n) is 4.75. The first kappa shape index (κ1) is 14.6. The number of nitrogens with two attached hydrogens (primary N) is 1. The Balaban J connectivity index is 2.75. The van der Waals surface area contributed by atoms with E-state index in [1.54, 1.807) is 19.1 Å². The summed E-state index contributed by atoms with van der Waals surface area (Å²) in [7, 11) is 0. The predicted octanol–water partition coefficient (Wildman–Crippen LogP) is -0.146. The largest absolute Gasteiger partial charge is 0.394 e. The Morgan fingerprint density at radius 3 is 2.28 bits per heavy atom. The third-order valence-electron chi connectivity index (χ3n) is 2.84. The summed E-state index contributed by atoms with van der Waals surface area (Å²) in [6.07, 6.45) is 0. The van der Waals surface area contributed by atoms with Crippen molar-refractivity contribution < 1.29 is 15.0 Å². The number of aryl methyl sites for hydroxylation is 1. The Morgan fingerprint density at radius 1 is 1.33 bits per heavy atom. The molecule has 1 amide bonds. The number of hydrogen-bond donors (Lipinski definition) is 4. The lowest BCUT2D eigenvalue weighted by molar-refractivity contribution is -0.125. The Morgan fingerprint density at radius 2 is 1.83 bits per heavy atom. The number of rotatable bonds is 5. The fraction of sp³-hybridized carbons (Fsp3) is 0.462. The number of nitrogens with one attached hydrogen (secondary N) is 1. The number of hydrogen-bond acceptors (Lipinski definition) is 4. The second-order valence-corrected chi connectivity index (χ2v) is 4.75. The number of amides is 1. The molecule has 0 saturated heterocycles. The van der Waals surface area contributed by atoms with Crippen LogP contribution in [-0.4, -0.2) is 34.9 Å². The second kappa shape index (κ2) is 5.95. The quantitative estimate of drug-likeness (QED) is 0.586. The molecule has 0 aliphatic rings. The molecule has 0 aromatic heterocycles. The lowest BCUT2D eigenvalue weighted by Gasteiger charge is -2.27. The van der Waals surface area contributed by atoms with Gasteiger partial charge in [0, 0.05) is 0 Å². The molecule has 0 spiro atoms. The minimum atomic E-state index is -1.06. The van der Waals surface area contributed by atoms with E-state index in [0.29, 0.717) is 5.56 Å². The minimum absolute atomic E-state index is 0.351. The lowest BCUT2D eigenvalue weighted by Crippen LogP contribution is -2.54. The van der Waals surface area contributed by atoms with Gasteiger partial charge in [0.25, 0.3) is 0 Å². The van der Waals surface area contributed by atoms with Gasteiger partial charge in [0.2, 0.25) is 5.91 Å². The van der Waals surface area contributed by atoms with Gasteiger partial charge >= 0.3 is 0 Å². The summed E-state index contributed by atoms with van der Waals surface area (Å²) < 4.78 is 0. The average molecular weight is 252 g/mol. The van der Waals surface area contributed by atoms with Gasteiger partial charge in [-0.1, -0.05) is 29.8 Å². The molecular weight excluding hydrogens is 232 g/mol. The van der Waals surface area contributed by atoms with Crippen molar-refractivity contribution in [1.82, 2.24) is 5.32 Å². The van der Waals surface area contributed by atoms with E-state index >= 15 is 0 Å². The van der Waals surface area contributed by atoms with E-state index in [9.17, 15) is 4.79 Å². The van der Waals surface area contributed by atoms with Crippen LogP contribution in [0, 0.1) is 6.92 Å². The van der Waals surface area contributed by atoms with Gasteiger partial charge in [-0.3, -0.25) is 4.79 Å². The highest BCUT2D eigenvalue weighted by Crippen LogP contribution is 2.13. The van der Waals surface area contributed by atoms with Gasteiger partial charge in [-0.2, -0.15) is 0 Å². The fourth-order valence-electron chi connectivity index (χ4n) is 1.43. The molecule has 0 aliphatic heterocycles. The van der Waals surface area contributed by atoms with E-state index in [0.717, 1.165) is 5.56 Å². The van der Waals surface area contributed by atoms with Gasteiger partial charge in [0.15, 0.2) is 0 Å². The maximum atomic E-state index is 11.9. The zero-order valence-electron chi connectivity index (χ0n) is 10.7. The van der Waals surface area contributed by atoms with Crippen LogP contribution in [0.5, 0.6) is 0 Å². The van der Waals surface area contributed by atoms with Gasteiger partial charge < -0.3 is 21.3 Å². The normalized spacial score (nSPS) is 13.2. The van der Waals surface area contributed by atoms with Gasteiger partial charge in [-0.05, 0) is 19.4 Å². The number of benzene rings is 1. The Hall–Kier alpha value is -1.43. The first-order valence-electron chi connectivity index (χ1n) is 5.78. The summed E-state index contributed by atoms with van der Waals surface area (Å²) in [6.45, 7) is 2.79. The standard InChI is InChI=1S/C13H20N2O3/c1-9-3-5-10(6-4-9)11(14)12(18)15-13(2,7-16)8-17/h3-6,11,16-17H,7-8,14H2,1-2H3,(H,15,18). The summed E-state index contributed by atoms with van der Waals surface area (Å²) in [5.74, 6) is -0.426. The van der Waals surface area contributed by atoms with Crippen molar-refractivity contribution >= 4 is 5.91 Å². The lowest BCUT2D eigenvalue weighted by atomic mass is 10.0. The van der Waals surface area contributed by atoms with Crippen molar-refractivity contribution in [1.29, 1.82) is 0 Å². The van der Waals surface area contributed by atoms with E-state index in [2.05, 4.69) is 5.32 Å². The minimum Gasteiger partial charge on any atom is -0.394 e. The molecule has 1 aromatic rings. The zero-order chi connectivity index (χ0) is 13.8. The molecule has 5 nitrogen and oxygen atoms in total. The smallest absolute Gasteiger partial charge is 0.242 e. The summed E-state index contributed by atoms with van der Waals surface area (Å²) in [4.78, 5) is 11.9. The van der Waals surface area contributed by atoms with Crippen molar-refractivity contribution in [3.05, 3.63) is 35.4 Å². The van der Waals surface area contributed by atoms with Crippen LogP contribution in [0.4, 0.5) is 0 Å². The van der Waals surface area contributed by atoms with Crippen LogP contribution in [0.15, 0.2) is 24.3 Å². The molecule has 0 fully saturated rings. The monoisotopic (exact) mass is 252 g/mol. The third-order valence-corrected chi connectivity index (χ3v) is 2.84. The summed E-state index contributed by atoms with van der Waals surface area (Å²) in [5, 5.41) is 20.8. The van der Waals surface area contributed by atoms with Gasteiger partial charge in [0.1, 0.15) is 6.04 Å². The molecule has 0 bridgehead atoms. The number of aliphatic hydroxyl groups excluding tert-OH is 2. The maximum absolute atomic E-state index is 11.9. The van der Waals surface area contributed by atoms with Gasteiger partial charge in [-0.15, -0.1) is 0 Å². The molecule has 1 aromatic carbocycles. The van der Waals surface area contributed by atoms with Crippen molar-refractivity contribution in [3.8, 4) is 0 Å². The Bertz CT molecular complexity index is 399. The molecule has 0 radical (unpaired) electrons. The molecule has 5 heteroatoms. The molecule has 0 aliphatic carbocycles. The van der Waals surface area contributed by atoms with Crippen LogP contribution in [0.25, 0.3) is 0 Å². The molecule has 0 saturated carbocycles. The van der Waals surface area contributed by atoms with E-state index in [1.165, 1.54) is 0 Å². The van der Waals surface area contributed by atoms with E-state index in [4.69, 9.17) is 15.9 Å². The fourth-order valence-corrected chi connectivity index (χ4v) is 1.43. The molecule has 100 valence electrons. The highest BCUT2D eigenvalue weighted by Gasteiger charge is 2.27. The highest BCUT2D eigenvalue weighted by atomic mass is 16.3. The van der Waals surface area contributed by atoms with E-state index < -0.39 is 17.5 Å².